The van der Waals surface area contributed by atoms with E-state index in [1.165, 1.54) is 10.4 Å². The van der Waals surface area contributed by atoms with Gasteiger partial charge in [-0.1, -0.05) is 29.8 Å². The van der Waals surface area contributed by atoms with Crippen LogP contribution in [0.2, 0.25) is 0 Å². The zero-order valence-electron chi connectivity index (χ0n) is 13.9. The summed E-state index contributed by atoms with van der Waals surface area (Å²) in [5, 5.41) is 2.75. The van der Waals surface area contributed by atoms with Crippen LogP contribution in [0.15, 0.2) is 47.4 Å². The van der Waals surface area contributed by atoms with Crippen LogP contribution in [0, 0.1) is 6.92 Å². The van der Waals surface area contributed by atoms with Gasteiger partial charge in [0.1, 0.15) is 0 Å². The van der Waals surface area contributed by atoms with Crippen molar-refractivity contribution in [3.8, 4) is 0 Å². The number of amides is 1. The zero-order chi connectivity index (χ0) is 17.5. The quantitative estimate of drug-likeness (QED) is 0.927. The van der Waals surface area contributed by atoms with Crippen molar-refractivity contribution in [2.24, 2.45) is 0 Å². The van der Waals surface area contributed by atoms with Crippen LogP contribution >= 0.6 is 0 Å². The maximum absolute atomic E-state index is 12.8. The molecular weight excluding hydrogens is 324 g/mol. The molecule has 0 fully saturated rings. The van der Waals surface area contributed by atoms with E-state index >= 15 is 0 Å². The van der Waals surface area contributed by atoms with Gasteiger partial charge in [-0.15, -0.1) is 0 Å². The Morgan fingerprint density at radius 1 is 1.12 bits per heavy atom. The van der Waals surface area contributed by atoms with Crippen LogP contribution < -0.4 is 5.32 Å². The van der Waals surface area contributed by atoms with E-state index < -0.39 is 10.0 Å². The molecule has 1 aliphatic rings. The second-order valence-electron chi connectivity index (χ2n) is 6.21. The summed E-state index contributed by atoms with van der Waals surface area (Å²) in [5.74, 6) is -0.440. The van der Waals surface area contributed by atoms with Gasteiger partial charge in [-0.25, -0.2) is 8.42 Å². The molecule has 2 aromatic rings. The van der Waals surface area contributed by atoms with E-state index in [9.17, 15) is 13.2 Å². The van der Waals surface area contributed by atoms with Gasteiger partial charge in [0.15, 0.2) is 0 Å². The number of nitrogens with one attached hydrogen (secondary N) is 1. The van der Waals surface area contributed by atoms with Gasteiger partial charge in [-0.2, -0.15) is 4.31 Å². The number of anilines is 1. The summed E-state index contributed by atoms with van der Waals surface area (Å²) in [6.07, 6.45) is 0. The Labute approximate surface area is 142 Å². The van der Waals surface area contributed by atoms with Gasteiger partial charge in [0.05, 0.1) is 10.8 Å². The van der Waals surface area contributed by atoms with Gasteiger partial charge < -0.3 is 5.32 Å². The molecule has 2 aromatic carbocycles. The SMILES string of the molecule is Cc1ccc(CN(C)S(=O)(=O)c2ccc3c(c2)[C@@H](C)C(=O)N3)cc1. The van der Waals surface area contributed by atoms with Gasteiger partial charge >= 0.3 is 0 Å². The molecule has 126 valence electrons. The number of rotatable bonds is 4. The minimum absolute atomic E-state index is 0.104. The first kappa shape index (κ1) is 16.7. The first-order valence-electron chi connectivity index (χ1n) is 7.76. The Kier molecular flexibility index (Phi) is 4.19. The highest BCUT2D eigenvalue weighted by molar-refractivity contribution is 7.89. The summed E-state index contributed by atoms with van der Waals surface area (Å²) >= 11 is 0. The second kappa shape index (κ2) is 6.03. The largest absolute Gasteiger partial charge is 0.325 e. The number of hydrogen-bond acceptors (Lipinski definition) is 3. The van der Waals surface area contributed by atoms with Crippen molar-refractivity contribution in [1.82, 2.24) is 4.31 Å². The molecule has 0 aromatic heterocycles. The van der Waals surface area contributed by atoms with Crippen molar-refractivity contribution >= 4 is 21.6 Å². The van der Waals surface area contributed by atoms with Crippen LogP contribution in [0.5, 0.6) is 0 Å². The average Bonchev–Trinajstić information content (AvgIpc) is 2.84. The molecule has 1 amide bonds. The zero-order valence-corrected chi connectivity index (χ0v) is 14.7. The predicted octanol–water partition coefficient (Wildman–Crippen LogP) is 2.87. The molecule has 0 radical (unpaired) electrons. The highest BCUT2D eigenvalue weighted by atomic mass is 32.2. The first-order valence-corrected chi connectivity index (χ1v) is 9.20. The molecule has 3 rings (SSSR count). The third-order valence-electron chi connectivity index (χ3n) is 4.37. The minimum Gasteiger partial charge on any atom is -0.325 e. The van der Waals surface area contributed by atoms with Gasteiger partial charge in [-0.3, -0.25) is 4.79 Å². The fourth-order valence-corrected chi connectivity index (χ4v) is 3.97. The van der Waals surface area contributed by atoms with Crippen molar-refractivity contribution in [2.75, 3.05) is 12.4 Å². The van der Waals surface area contributed by atoms with Crippen LogP contribution in [0.4, 0.5) is 5.69 Å². The second-order valence-corrected chi connectivity index (χ2v) is 8.25. The Balaban J connectivity index is 1.88. The molecule has 24 heavy (non-hydrogen) atoms. The number of hydrogen-bond donors (Lipinski definition) is 1. The van der Waals surface area contributed by atoms with E-state index in [-0.39, 0.29) is 16.7 Å². The van der Waals surface area contributed by atoms with E-state index in [0.29, 0.717) is 12.2 Å². The third kappa shape index (κ3) is 2.95. The average molecular weight is 344 g/mol. The topological polar surface area (TPSA) is 66.5 Å². The van der Waals surface area contributed by atoms with Gasteiger partial charge in [-0.05, 0) is 43.2 Å². The molecule has 1 atom stereocenters. The summed E-state index contributed by atoms with van der Waals surface area (Å²) in [6.45, 7) is 4.06. The molecule has 1 aliphatic heterocycles. The fourth-order valence-electron chi connectivity index (χ4n) is 2.77. The lowest BCUT2D eigenvalue weighted by Gasteiger charge is -2.18. The van der Waals surface area contributed by atoms with E-state index in [1.807, 2.05) is 31.2 Å². The number of aryl methyl sites for hydroxylation is 1. The highest BCUT2D eigenvalue weighted by Crippen LogP contribution is 2.34. The summed E-state index contributed by atoms with van der Waals surface area (Å²) < 4.78 is 27.0. The van der Waals surface area contributed by atoms with Gasteiger partial charge in [0, 0.05) is 19.3 Å². The molecule has 1 N–H and O–H groups in total. The van der Waals surface area contributed by atoms with Crippen LogP contribution in [-0.2, 0) is 21.4 Å². The predicted molar refractivity (Wildman–Crippen MR) is 93.3 cm³/mol. The van der Waals surface area contributed by atoms with Crippen LogP contribution in [-0.4, -0.2) is 25.7 Å². The Hall–Kier alpha value is -2.18. The van der Waals surface area contributed by atoms with Crippen molar-refractivity contribution < 1.29 is 13.2 Å². The third-order valence-corrected chi connectivity index (χ3v) is 6.17. The number of benzene rings is 2. The lowest BCUT2D eigenvalue weighted by molar-refractivity contribution is -0.116. The molecule has 5 nitrogen and oxygen atoms in total. The standard InChI is InChI=1S/C18H20N2O3S/c1-12-4-6-14(7-5-12)11-20(3)24(22,23)15-8-9-17-16(10-15)13(2)18(21)19-17/h4-10,13H,11H2,1-3H3,(H,19,21)/t13-/m1/s1. The van der Waals surface area contributed by atoms with Crippen LogP contribution in [0.3, 0.4) is 0 Å². The fraction of sp³-hybridized carbons (Fsp3) is 0.278. The molecule has 0 bridgehead atoms. The van der Waals surface area contributed by atoms with E-state index in [1.54, 1.807) is 26.1 Å². The monoisotopic (exact) mass is 344 g/mol. The Bertz CT molecular complexity index is 889. The Morgan fingerprint density at radius 2 is 1.79 bits per heavy atom. The first-order chi connectivity index (χ1) is 11.3. The lowest BCUT2D eigenvalue weighted by atomic mass is 10.0. The number of carbonyl (C=O) groups is 1. The summed E-state index contributed by atoms with van der Waals surface area (Å²) in [4.78, 5) is 11.9. The van der Waals surface area contributed by atoms with Crippen molar-refractivity contribution in [2.45, 2.75) is 31.2 Å². The molecule has 0 unspecified atom stereocenters. The molecule has 6 heteroatoms. The number of sulfonamides is 1. The van der Waals surface area contributed by atoms with Crippen LogP contribution in [0.1, 0.15) is 29.5 Å². The summed E-state index contributed by atoms with van der Waals surface area (Å²) in [7, 11) is -2.05. The van der Waals surface area contributed by atoms with E-state index in [0.717, 1.165) is 16.7 Å². The Morgan fingerprint density at radius 3 is 2.46 bits per heavy atom. The van der Waals surface area contributed by atoms with E-state index in [4.69, 9.17) is 0 Å². The molecule has 0 aliphatic carbocycles. The summed E-state index contributed by atoms with van der Waals surface area (Å²) in [5.41, 5.74) is 3.48. The molecule has 0 saturated heterocycles. The molecule has 0 saturated carbocycles. The number of fused-ring (bicyclic) bond motifs is 1. The number of carbonyl (C=O) groups excluding carboxylic acids is 1. The lowest BCUT2D eigenvalue weighted by Crippen LogP contribution is -2.26. The molecular formula is C18H20N2O3S. The smallest absolute Gasteiger partial charge is 0.243 e. The molecule has 0 spiro atoms. The van der Waals surface area contributed by atoms with E-state index in [2.05, 4.69) is 5.32 Å². The normalized spacial score (nSPS) is 17.0. The van der Waals surface area contributed by atoms with Crippen molar-refractivity contribution in [1.29, 1.82) is 0 Å². The highest BCUT2D eigenvalue weighted by Gasteiger charge is 2.29. The molecule has 1 heterocycles. The maximum atomic E-state index is 12.8. The van der Waals surface area contributed by atoms with Crippen molar-refractivity contribution in [3.63, 3.8) is 0 Å². The maximum Gasteiger partial charge on any atom is 0.243 e. The number of nitrogens with zero attached hydrogens (tertiary/aromatic N) is 1. The van der Waals surface area contributed by atoms with Gasteiger partial charge in [0.2, 0.25) is 15.9 Å². The summed E-state index contributed by atoms with van der Waals surface area (Å²) in [6, 6.07) is 12.6. The van der Waals surface area contributed by atoms with Crippen molar-refractivity contribution in [3.05, 3.63) is 59.2 Å². The minimum atomic E-state index is -3.62. The van der Waals surface area contributed by atoms with Crippen LogP contribution in [0.25, 0.3) is 0 Å². The van der Waals surface area contributed by atoms with Gasteiger partial charge in [0.25, 0.3) is 0 Å².